The summed E-state index contributed by atoms with van der Waals surface area (Å²) in [5, 5.41) is 8.28. The molecule has 1 aromatic heterocycles. The van der Waals surface area contributed by atoms with Crippen LogP contribution in [0.4, 0.5) is 6.01 Å². The Bertz CT molecular complexity index is 1160. The van der Waals surface area contributed by atoms with Gasteiger partial charge in [0, 0.05) is 31.7 Å². The molecule has 0 amide bonds. The van der Waals surface area contributed by atoms with Gasteiger partial charge in [0.25, 0.3) is 0 Å². The van der Waals surface area contributed by atoms with Crippen molar-refractivity contribution in [1.82, 2.24) is 14.5 Å². The van der Waals surface area contributed by atoms with Crippen LogP contribution in [-0.2, 0) is 15.4 Å². The first-order chi connectivity index (χ1) is 15.2. The van der Waals surface area contributed by atoms with Crippen molar-refractivity contribution in [2.45, 2.75) is 31.1 Å². The molecule has 2 aromatic carbocycles. The van der Waals surface area contributed by atoms with Gasteiger partial charge in [-0.2, -0.15) is 4.31 Å². The zero-order valence-electron chi connectivity index (χ0n) is 18.8. The SMILES string of the molecule is COc1ccc(-c2nnc(N3CCN(S(=O)(=O)c4ccc(C(C)(C)C)cc4)CC3)o2)cc1. The number of piperazine rings is 1. The summed E-state index contributed by atoms with van der Waals surface area (Å²) in [6, 6.07) is 14.9. The standard InChI is InChI=1S/C23H28N4O4S/c1-23(2,3)18-7-11-20(12-8-18)32(28,29)27-15-13-26(14-16-27)22-25-24-21(31-22)17-5-9-19(30-4)10-6-17/h5-12H,13-16H2,1-4H3. The summed E-state index contributed by atoms with van der Waals surface area (Å²) in [5.41, 5.74) is 1.87. The van der Waals surface area contributed by atoms with Crippen LogP contribution in [0.15, 0.2) is 57.8 Å². The molecule has 0 aliphatic carbocycles. The maximum atomic E-state index is 13.1. The van der Waals surface area contributed by atoms with E-state index in [1.807, 2.05) is 41.3 Å². The van der Waals surface area contributed by atoms with Gasteiger partial charge in [0.15, 0.2) is 0 Å². The molecule has 0 atom stereocenters. The Morgan fingerprint density at radius 3 is 2.09 bits per heavy atom. The van der Waals surface area contributed by atoms with E-state index in [0.29, 0.717) is 43.0 Å². The summed E-state index contributed by atoms with van der Waals surface area (Å²) in [6.45, 7) is 7.97. The van der Waals surface area contributed by atoms with Crippen LogP contribution in [0.3, 0.4) is 0 Å². The van der Waals surface area contributed by atoms with Gasteiger partial charge in [-0.05, 0) is 47.4 Å². The molecule has 1 fully saturated rings. The van der Waals surface area contributed by atoms with E-state index in [0.717, 1.165) is 16.9 Å². The van der Waals surface area contributed by atoms with Gasteiger partial charge in [-0.15, -0.1) is 5.10 Å². The van der Waals surface area contributed by atoms with Crippen molar-refractivity contribution in [2.24, 2.45) is 0 Å². The van der Waals surface area contributed by atoms with Crippen LogP contribution < -0.4 is 9.64 Å². The molecule has 170 valence electrons. The van der Waals surface area contributed by atoms with Crippen molar-refractivity contribution in [1.29, 1.82) is 0 Å². The summed E-state index contributed by atoms with van der Waals surface area (Å²) in [7, 11) is -1.93. The quantitative estimate of drug-likeness (QED) is 0.580. The molecule has 1 aliphatic heterocycles. The molecule has 4 rings (SSSR count). The predicted octanol–water partition coefficient (Wildman–Crippen LogP) is 3.55. The van der Waals surface area contributed by atoms with Crippen LogP contribution in [0, 0.1) is 0 Å². The second kappa shape index (κ2) is 8.55. The Kier molecular flexibility index (Phi) is 5.96. The summed E-state index contributed by atoms with van der Waals surface area (Å²) >= 11 is 0. The molecule has 2 heterocycles. The summed E-state index contributed by atoms with van der Waals surface area (Å²) in [5.74, 6) is 1.16. The van der Waals surface area contributed by atoms with Gasteiger partial charge >= 0.3 is 6.01 Å². The minimum Gasteiger partial charge on any atom is -0.497 e. The number of rotatable bonds is 5. The van der Waals surface area contributed by atoms with Crippen molar-refractivity contribution < 1.29 is 17.6 Å². The molecule has 3 aromatic rings. The van der Waals surface area contributed by atoms with E-state index in [2.05, 4.69) is 31.0 Å². The molecule has 0 saturated carbocycles. The fraction of sp³-hybridized carbons (Fsp3) is 0.391. The van der Waals surface area contributed by atoms with Crippen LogP contribution in [0.1, 0.15) is 26.3 Å². The predicted molar refractivity (Wildman–Crippen MR) is 122 cm³/mol. The highest BCUT2D eigenvalue weighted by Crippen LogP contribution is 2.27. The molecule has 0 spiro atoms. The Balaban J connectivity index is 1.42. The number of anilines is 1. The van der Waals surface area contributed by atoms with Crippen molar-refractivity contribution in [3.63, 3.8) is 0 Å². The second-order valence-corrected chi connectivity index (χ2v) is 10.7. The van der Waals surface area contributed by atoms with Gasteiger partial charge in [-0.25, -0.2) is 8.42 Å². The number of methoxy groups -OCH3 is 1. The van der Waals surface area contributed by atoms with Crippen LogP contribution in [0.2, 0.25) is 0 Å². The molecule has 8 nitrogen and oxygen atoms in total. The topological polar surface area (TPSA) is 88.8 Å². The molecule has 9 heteroatoms. The fourth-order valence-electron chi connectivity index (χ4n) is 3.59. The van der Waals surface area contributed by atoms with Gasteiger partial charge < -0.3 is 14.1 Å². The lowest BCUT2D eigenvalue weighted by atomic mass is 9.87. The summed E-state index contributed by atoms with van der Waals surface area (Å²) in [4.78, 5) is 2.23. The molecule has 0 radical (unpaired) electrons. The third-order valence-electron chi connectivity index (χ3n) is 5.62. The van der Waals surface area contributed by atoms with Gasteiger partial charge in [0.2, 0.25) is 15.9 Å². The lowest BCUT2D eigenvalue weighted by molar-refractivity contribution is 0.372. The van der Waals surface area contributed by atoms with E-state index in [4.69, 9.17) is 9.15 Å². The third kappa shape index (κ3) is 4.49. The average Bonchev–Trinajstić information content (AvgIpc) is 3.29. The normalized spacial score (nSPS) is 15.7. The van der Waals surface area contributed by atoms with E-state index in [1.54, 1.807) is 19.2 Å². The van der Waals surface area contributed by atoms with Gasteiger partial charge in [-0.3, -0.25) is 0 Å². The van der Waals surface area contributed by atoms with Gasteiger partial charge in [0.1, 0.15) is 5.75 Å². The minimum absolute atomic E-state index is 0.0251. The number of benzene rings is 2. The van der Waals surface area contributed by atoms with Crippen molar-refractivity contribution in [3.05, 3.63) is 54.1 Å². The molecule has 0 N–H and O–H groups in total. The number of hydrogen-bond acceptors (Lipinski definition) is 7. The number of aromatic nitrogens is 2. The molecule has 1 saturated heterocycles. The maximum Gasteiger partial charge on any atom is 0.318 e. The van der Waals surface area contributed by atoms with Gasteiger partial charge in [-0.1, -0.05) is 38.0 Å². The van der Waals surface area contributed by atoms with Crippen molar-refractivity contribution >= 4 is 16.0 Å². The molecule has 1 aliphatic rings. The number of sulfonamides is 1. The van der Waals surface area contributed by atoms with Crippen molar-refractivity contribution in [3.8, 4) is 17.2 Å². The lowest BCUT2D eigenvalue weighted by Crippen LogP contribution is -2.48. The fourth-order valence-corrected chi connectivity index (χ4v) is 5.01. The first kappa shape index (κ1) is 22.3. The number of ether oxygens (including phenoxy) is 1. The molecule has 0 unspecified atom stereocenters. The van der Waals surface area contributed by atoms with Crippen LogP contribution in [0.5, 0.6) is 5.75 Å². The number of nitrogens with zero attached hydrogens (tertiary/aromatic N) is 4. The molecule has 0 bridgehead atoms. The highest BCUT2D eigenvalue weighted by molar-refractivity contribution is 7.89. The smallest absolute Gasteiger partial charge is 0.318 e. The van der Waals surface area contributed by atoms with E-state index in [1.165, 1.54) is 4.31 Å². The van der Waals surface area contributed by atoms with Crippen LogP contribution in [-0.4, -0.2) is 56.2 Å². The monoisotopic (exact) mass is 456 g/mol. The molecular formula is C23H28N4O4S. The number of hydrogen-bond donors (Lipinski definition) is 0. The van der Waals surface area contributed by atoms with E-state index < -0.39 is 10.0 Å². The lowest BCUT2D eigenvalue weighted by Gasteiger charge is -2.32. The van der Waals surface area contributed by atoms with Crippen molar-refractivity contribution in [2.75, 3.05) is 38.2 Å². The zero-order chi connectivity index (χ0) is 22.9. The largest absolute Gasteiger partial charge is 0.497 e. The average molecular weight is 457 g/mol. The van der Waals surface area contributed by atoms with E-state index >= 15 is 0 Å². The highest BCUT2D eigenvalue weighted by Gasteiger charge is 2.30. The van der Waals surface area contributed by atoms with E-state index in [-0.39, 0.29) is 5.41 Å². The second-order valence-electron chi connectivity index (χ2n) is 8.78. The van der Waals surface area contributed by atoms with E-state index in [9.17, 15) is 8.42 Å². The van der Waals surface area contributed by atoms with Gasteiger partial charge in [0.05, 0.1) is 12.0 Å². The first-order valence-electron chi connectivity index (χ1n) is 10.5. The van der Waals surface area contributed by atoms with Crippen LogP contribution >= 0.6 is 0 Å². The first-order valence-corrected chi connectivity index (χ1v) is 12.0. The molecule has 32 heavy (non-hydrogen) atoms. The Labute approximate surface area is 188 Å². The highest BCUT2D eigenvalue weighted by atomic mass is 32.2. The summed E-state index contributed by atoms with van der Waals surface area (Å²) in [6.07, 6.45) is 0. The summed E-state index contributed by atoms with van der Waals surface area (Å²) < 4.78 is 38.7. The third-order valence-corrected chi connectivity index (χ3v) is 7.53. The minimum atomic E-state index is -3.55. The zero-order valence-corrected chi connectivity index (χ0v) is 19.6. The Hall–Kier alpha value is -2.91. The Morgan fingerprint density at radius 2 is 1.53 bits per heavy atom. The molecular weight excluding hydrogens is 428 g/mol. The van der Waals surface area contributed by atoms with Crippen LogP contribution in [0.25, 0.3) is 11.5 Å². The Morgan fingerprint density at radius 1 is 0.906 bits per heavy atom. The maximum absolute atomic E-state index is 13.1.